The Morgan fingerprint density at radius 3 is 2.76 bits per heavy atom. The topological polar surface area (TPSA) is 76.2 Å². The van der Waals surface area contributed by atoms with Gasteiger partial charge < -0.3 is 9.63 Å². The Kier molecular flexibility index (Phi) is 4.46. The van der Waals surface area contributed by atoms with Crippen molar-refractivity contribution in [3.63, 3.8) is 0 Å². The Hall–Kier alpha value is -1.69. The SMILES string of the molecule is CC(C)C(C)(Cc1nc(-c2cccc(Br)c2)no1)C(=O)O. The number of aliphatic carboxylic acids is 1. The minimum absolute atomic E-state index is 0.0452. The molecule has 1 atom stereocenters. The molecule has 2 aromatic rings. The van der Waals surface area contributed by atoms with Crippen molar-refractivity contribution in [3.05, 3.63) is 34.6 Å². The molecule has 1 N–H and O–H groups in total. The summed E-state index contributed by atoms with van der Waals surface area (Å²) in [5.41, 5.74) is -0.109. The van der Waals surface area contributed by atoms with Crippen molar-refractivity contribution >= 4 is 21.9 Å². The van der Waals surface area contributed by atoms with Crippen molar-refractivity contribution in [2.75, 3.05) is 0 Å². The molecule has 0 aliphatic rings. The number of hydrogen-bond donors (Lipinski definition) is 1. The van der Waals surface area contributed by atoms with Crippen molar-refractivity contribution in [1.29, 1.82) is 0 Å². The Labute approximate surface area is 131 Å². The Morgan fingerprint density at radius 2 is 2.19 bits per heavy atom. The molecule has 0 bridgehead atoms. The molecule has 0 amide bonds. The minimum atomic E-state index is -0.929. The maximum atomic E-state index is 11.5. The molecule has 0 spiro atoms. The molecule has 1 heterocycles. The van der Waals surface area contributed by atoms with Gasteiger partial charge in [-0.15, -0.1) is 0 Å². The lowest BCUT2D eigenvalue weighted by molar-refractivity contribution is -0.150. The van der Waals surface area contributed by atoms with Gasteiger partial charge >= 0.3 is 5.97 Å². The lowest BCUT2D eigenvalue weighted by atomic mass is 9.76. The van der Waals surface area contributed by atoms with Gasteiger partial charge in [-0.2, -0.15) is 4.98 Å². The van der Waals surface area contributed by atoms with Crippen LogP contribution in [0.2, 0.25) is 0 Å². The lowest BCUT2D eigenvalue weighted by Gasteiger charge is -2.27. The molecule has 0 aliphatic carbocycles. The van der Waals surface area contributed by atoms with E-state index in [1.807, 2.05) is 38.1 Å². The van der Waals surface area contributed by atoms with Gasteiger partial charge in [0, 0.05) is 16.5 Å². The fraction of sp³-hybridized carbons (Fsp3) is 0.400. The monoisotopic (exact) mass is 352 g/mol. The highest BCUT2D eigenvalue weighted by Gasteiger charge is 2.38. The van der Waals surface area contributed by atoms with Crippen LogP contribution in [0.3, 0.4) is 0 Å². The summed E-state index contributed by atoms with van der Waals surface area (Å²) < 4.78 is 6.14. The largest absolute Gasteiger partial charge is 0.481 e. The predicted molar refractivity (Wildman–Crippen MR) is 81.7 cm³/mol. The molecule has 0 fully saturated rings. The Balaban J connectivity index is 2.26. The molecule has 112 valence electrons. The van der Waals surface area contributed by atoms with Crippen LogP contribution >= 0.6 is 15.9 Å². The van der Waals surface area contributed by atoms with Crippen molar-refractivity contribution in [1.82, 2.24) is 10.1 Å². The zero-order chi connectivity index (χ0) is 15.6. The van der Waals surface area contributed by atoms with Gasteiger partial charge in [-0.1, -0.05) is 47.1 Å². The summed E-state index contributed by atoms with van der Waals surface area (Å²) in [6.45, 7) is 5.45. The van der Waals surface area contributed by atoms with Crippen LogP contribution < -0.4 is 0 Å². The summed E-state index contributed by atoms with van der Waals surface area (Å²) in [6.07, 6.45) is 0.209. The second-order valence-corrected chi connectivity index (χ2v) is 6.49. The van der Waals surface area contributed by atoms with Crippen LogP contribution in [0.15, 0.2) is 33.3 Å². The highest BCUT2D eigenvalue weighted by molar-refractivity contribution is 9.10. The third-order valence-corrected chi connectivity index (χ3v) is 4.33. The van der Waals surface area contributed by atoms with Crippen molar-refractivity contribution in [3.8, 4) is 11.4 Å². The van der Waals surface area contributed by atoms with Crippen molar-refractivity contribution in [2.45, 2.75) is 27.2 Å². The molecule has 0 saturated heterocycles. The summed E-state index contributed by atoms with van der Waals surface area (Å²) >= 11 is 3.39. The van der Waals surface area contributed by atoms with E-state index in [1.54, 1.807) is 6.92 Å². The van der Waals surface area contributed by atoms with Gasteiger partial charge in [0.15, 0.2) is 0 Å². The van der Waals surface area contributed by atoms with Crippen LogP contribution in [0.5, 0.6) is 0 Å². The molecule has 0 radical (unpaired) electrons. The number of aromatic nitrogens is 2. The molecule has 2 rings (SSSR count). The first-order valence-electron chi connectivity index (χ1n) is 6.65. The lowest BCUT2D eigenvalue weighted by Crippen LogP contribution is -2.35. The maximum absolute atomic E-state index is 11.5. The van der Waals surface area contributed by atoms with Crippen LogP contribution in [0.4, 0.5) is 0 Å². The number of halogens is 1. The van der Waals surface area contributed by atoms with E-state index in [4.69, 9.17) is 4.52 Å². The molecule has 0 saturated carbocycles. The van der Waals surface area contributed by atoms with Gasteiger partial charge in [-0.05, 0) is 25.0 Å². The molecule has 0 aliphatic heterocycles. The van der Waals surface area contributed by atoms with E-state index in [9.17, 15) is 9.90 Å². The summed E-state index contributed by atoms with van der Waals surface area (Å²) in [5, 5.41) is 13.4. The van der Waals surface area contributed by atoms with E-state index in [-0.39, 0.29) is 12.3 Å². The first kappa shape index (κ1) is 15.7. The maximum Gasteiger partial charge on any atom is 0.310 e. The van der Waals surface area contributed by atoms with Gasteiger partial charge in [0.05, 0.1) is 5.41 Å². The summed E-state index contributed by atoms with van der Waals surface area (Å²) in [6, 6.07) is 7.54. The molecular weight excluding hydrogens is 336 g/mol. The van der Waals surface area contributed by atoms with Gasteiger partial charge in [0.1, 0.15) is 0 Å². The molecule has 1 aromatic carbocycles. The zero-order valence-electron chi connectivity index (χ0n) is 12.1. The number of benzene rings is 1. The number of rotatable bonds is 5. The van der Waals surface area contributed by atoms with Gasteiger partial charge in [0.2, 0.25) is 11.7 Å². The number of carboxylic acid groups (broad SMARTS) is 1. The standard InChI is InChI=1S/C15H17BrN2O3/c1-9(2)15(3,14(19)20)8-12-17-13(18-21-12)10-5-4-6-11(16)7-10/h4-7,9H,8H2,1-3H3,(H,19,20). The number of nitrogens with zero attached hydrogens (tertiary/aromatic N) is 2. The van der Waals surface area contributed by atoms with E-state index in [0.717, 1.165) is 10.0 Å². The summed E-state index contributed by atoms with van der Waals surface area (Å²) in [7, 11) is 0. The second kappa shape index (κ2) is 5.97. The predicted octanol–water partition coefficient (Wildman–Crippen LogP) is 3.79. The number of hydrogen-bond acceptors (Lipinski definition) is 4. The molecule has 6 heteroatoms. The third kappa shape index (κ3) is 3.32. The normalized spacial score (nSPS) is 14.1. The van der Waals surface area contributed by atoms with Crippen LogP contribution in [-0.2, 0) is 11.2 Å². The first-order valence-corrected chi connectivity index (χ1v) is 7.44. The van der Waals surface area contributed by atoms with Crippen molar-refractivity contribution in [2.24, 2.45) is 11.3 Å². The molecule has 1 unspecified atom stereocenters. The Morgan fingerprint density at radius 1 is 1.48 bits per heavy atom. The average Bonchev–Trinajstić information content (AvgIpc) is 2.86. The van der Waals surface area contributed by atoms with E-state index in [2.05, 4.69) is 26.1 Å². The van der Waals surface area contributed by atoms with Crippen LogP contribution in [0.1, 0.15) is 26.7 Å². The summed E-state index contributed by atoms with van der Waals surface area (Å²) in [5.74, 6) is -0.109. The molecule has 21 heavy (non-hydrogen) atoms. The fourth-order valence-electron chi connectivity index (χ4n) is 1.91. The van der Waals surface area contributed by atoms with Crippen LogP contribution in [-0.4, -0.2) is 21.2 Å². The smallest absolute Gasteiger partial charge is 0.310 e. The summed E-state index contributed by atoms with van der Waals surface area (Å²) in [4.78, 5) is 15.8. The number of carboxylic acids is 1. The minimum Gasteiger partial charge on any atom is -0.481 e. The highest BCUT2D eigenvalue weighted by atomic mass is 79.9. The van der Waals surface area contributed by atoms with Gasteiger partial charge in [-0.25, -0.2) is 0 Å². The molecule has 1 aromatic heterocycles. The van der Waals surface area contributed by atoms with E-state index in [0.29, 0.717) is 11.7 Å². The quantitative estimate of drug-likeness (QED) is 0.885. The fourth-order valence-corrected chi connectivity index (χ4v) is 2.31. The van der Waals surface area contributed by atoms with E-state index < -0.39 is 11.4 Å². The van der Waals surface area contributed by atoms with Gasteiger partial charge in [0.25, 0.3) is 0 Å². The highest BCUT2D eigenvalue weighted by Crippen LogP contribution is 2.32. The zero-order valence-corrected chi connectivity index (χ0v) is 13.7. The Bertz CT molecular complexity index is 654. The second-order valence-electron chi connectivity index (χ2n) is 5.58. The molecule has 5 nitrogen and oxygen atoms in total. The van der Waals surface area contributed by atoms with E-state index in [1.165, 1.54) is 0 Å². The van der Waals surface area contributed by atoms with Crippen LogP contribution in [0, 0.1) is 11.3 Å². The number of carbonyl (C=O) groups is 1. The molecular formula is C15H17BrN2O3. The average molecular weight is 353 g/mol. The van der Waals surface area contributed by atoms with Crippen molar-refractivity contribution < 1.29 is 14.4 Å². The van der Waals surface area contributed by atoms with Gasteiger partial charge in [-0.3, -0.25) is 4.79 Å². The van der Waals surface area contributed by atoms with E-state index >= 15 is 0 Å². The third-order valence-electron chi connectivity index (χ3n) is 3.83. The van der Waals surface area contributed by atoms with Crippen LogP contribution in [0.25, 0.3) is 11.4 Å². The first-order chi connectivity index (χ1) is 9.83.